The molecule has 138 valence electrons. The standard InChI is InChI=1S/C18H15BrN4O3S/c1-25-14-7-10-8-16(17(24)13(10)9-15(14)26-2)27-18-20-21-22-23(18)12-5-3-11(19)4-6-12/h3-7,9,16H,8H2,1-2H3/t16-/m1/s1. The molecule has 1 aliphatic carbocycles. The molecule has 0 N–H and O–H groups in total. The molecule has 0 unspecified atom stereocenters. The Morgan fingerprint density at radius 1 is 1.15 bits per heavy atom. The van der Waals surface area contributed by atoms with Crippen molar-refractivity contribution in [2.45, 2.75) is 16.8 Å². The van der Waals surface area contributed by atoms with Gasteiger partial charge in [-0.2, -0.15) is 4.68 Å². The lowest BCUT2D eigenvalue weighted by Gasteiger charge is -2.09. The van der Waals surface area contributed by atoms with Crippen molar-refractivity contribution in [1.82, 2.24) is 20.2 Å². The number of ether oxygens (including phenoxy) is 2. The SMILES string of the molecule is COc1cc2c(cc1OC)C(=O)[C@H](Sc1nnnn1-c1ccc(Br)cc1)C2. The van der Waals surface area contributed by atoms with Gasteiger partial charge in [-0.25, -0.2) is 0 Å². The molecule has 0 saturated heterocycles. The van der Waals surface area contributed by atoms with Crippen LogP contribution < -0.4 is 9.47 Å². The molecule has 27 heavy (non-hydrogen) atoms. The summed E-state index contributed by atoms with van der Waals surface area (Å²) in [5.74, 6) is 1.21. The lowest BCUT2D eigenvalue weighted by molar-refractivity contribution is 0.1000. The highest BCUT2D eigenvalue weighted by Crippen LogP contribution is 2.39. The minimum atomic E-state index is -0.294. The van der Waals surface area contributed by atoms with Crippen LogP contribution in [0, 0.1) is 0 Å². The molecule has 0 spiro atoms. The van der Waals surface area contributed by atoms with Crippen molar-refractivity contribution in [2.24, 2.45) is 0 Å². The second-order valence-corrected chi connectivity index (χ2v) is 7.97. The largest absolute Gasteiger partial charge is 0.493 e. The molecule has 0 radical (unpaired) electrons. The summed E-state index contributed by atoms with van der Waals surface area (Å²) < 4.78 is 13.3. The van der Waals surface area contributed by atoms with Crippen molar-refractivity contribution in [3.8, 4) is 17.2 Å². The van der Waals surface area contributed by atoms with Gasteiger partial charge in [-0.15, -0.1) is 5.10 Å². The number of carbonyl (C=O) groups is 1. The van der Waals surface area contributed by atoms with Crippen LogP contribution in [0.25, 0.3) is 5.69 Å². The molecule has 1 aromatic heterocycles. The highest BCUT2D eigenvalue weighted by Gasteiger charge is 2.34. The molecule has 0 fully saturated rings. The van der Waals surface area contributed by atoms with Gasteiger partial charge in [-0.05, 0) is 58.8 Å². The molecule has 1 atom stereocenters. The maximum Gasteiger partial charge on any atom is 0.214 e. The molecule has 7 nitrogen and oxygen atoms in total. The predicted molar refractivity (Wildman–Crippen MR) is 104 cm³/mol. The number of fused-ring (bicyclic) bond motifs is 1. The first-order valence-electron chi connectivity index (χ1n) is 8.11. The van der Waals surface area contributed by atoms with E-state index in [1.165, 1.54) is 11.8 Å². The van der Waals surface area contributed by atoms with E-state index in [4.69, 9.17) is 9.47 Å². The van der Waals surface area contributed by atoms with Gasteiger partial charge in [0.1, 0.15) is 0 Å². The fourth-order valence-electron chi connectivity index (χ4n) is 3.00. The molecule has 3 aromatic rings. The number of hydrogen-bond donors (Lipinski definition) is 0. The second-order valence-electron chi connectivity index (χ2n) is 5.89. The van der Waals surface area contributed by atoms with Crippen LogP contribution >= 0.6 is 27.7 Å². The smallest absolute Gasteiger partial charge is 0.214 e. The van der Waals surface area contributed by atoms with Gasteiger partial charge in [-0.3, -0.25) is 4.79 Å². The first kappa shape index (κ1) is 18.0. The maximum atomic E-state index is 12.9. The molecular weight excluding hydrogens is 432 g/mol. The van der Waals surface area contributed by atoms with Gasteiger partial charge in [0.05, 0.1) is 25.2 Å². The molecule has 0 bridgehead atoms. The highest BCUT2D eigenvalue weighted by molar-refractivity contribution is 9.10. The van der Waals surface area contributed by atoms with Crippen LogP contribution in [-0.4, -0.2) is 45.5 Å². The Kier molecular flexibility index (Phi) is 4.88. The number of Topliss-reactive ketones (excluding diaryl/α,β-unsaturated/α-hetero) is 1. The number of nitrogens with zero attached hydrogens (tertiary/aromatic N) is 4. The van der Waals surface area contributed by atoms with Gasteiger partial charge < -0.3 is 9.47 Å². The van der Waals surface area contributed by atoms with Crippen LogP contribution in [0.3, 0.4) is 0 Å². The van der Waals surface area contributed by atoms with E-state index >= 15 is 0 Å². The number of thioether (sulfide) groups is 1. The Morgan fingerprint density at radius 2 is 1.85 bits per heavy atom. The number of carbonyl (C=O) groups excluding carboxylic acids is 1. The Bertz CT molecular complexity index is 1010. The lowest BCUT2D eigenvalue weighted by Crippen LogP contribution is -2.13. The van der Waals surface area contributed by atoms with E-state index in [9.17, 15) is 4.79 Å². The van der Waals surface area contributed by atoms with Gasteiger partial charge in [-0.1, -0.05) is 27.7 Å². The summed E-state index contributed by atoms with van der Waals surface area (Å²) in [6.07, 6.45) is 0.590. The van der Waals surface area contributed by atoms with Crippen LogP contribution in [0.1, 0.15) is 15.9 Å². The molecular formula is C18H15BrN4O3S. The van der Waals surface area contributed by atoms with Crippen LogP contribution in [0.2, 0.25) is 0 Å². The Balaban J connectivity index is 1.61. The third-order valence-electron chi connectivity index (χ3n) is 4.33. The molecule has 4 rings (SSSR count). The molecule has 9 heteroatoms. The molecule has 1 heterocycles. The van der Waals surface area contributed by atoms with Gasteiger partial charge in [0.25, 0.3) is 0 Å². The number of aromatic nitrogens is 4. The van der Waals surface area contributed by atoms with Crippen molar-refractivity contribution < 1.29 is 14.3 Å². The van der Waals surface area contributed by atoms with Crippen molar-refractivity contribution in [1.29, 1.82) is 0 Å². The molecule has 2 aromatic carbocycles. The van der Waals surface area contributed by atoms with E-state index in [1.807, 2.05) is 30.3 Å². The molecule has 0 saturated carbocycles. The first-order valence-corrected chi connectivity index (χ1v) is 9.78. The second kappa shape index (κ2) is 7.32. The van der Waals surface area contributed by atoms with Gasteiger partial charge in [0, 0.05) is 10.0 Å². The number of ketones is 1. The van der Waals surface area contributed by atoms with Crippen molar-refractivity contribution >= 4 is 33.5 Å². The average Bonchev–Trinajstić information content (AvgIpc) is 3.26. The Labute approximate surface area is 168 Å². The van der Waals surface area contributed by atoms with Crippen LogP contribution in [-0.2, 0) is 6.42 Å². The minimum Gasteiger partial charge on any atom is -0.493 e. The van der Waals surface area contributed by atoms with Crippen LogP contribution in [0.5, 0.6) is 11.5 Å². The van der Waals surface area contributed by atoms with Gasteiger partial charge >= 0.3 is 0 Å². The fraction of sp³-hybridized carbons (Fsp3) is 0.222. The zero-order valence-electron chi connectivity index (χ0n) is 14.5. The number of methoxy groups -OCH3 is 2. The van der Waals surface area contributed by atoms with E-state index in [1.54, 1.807) is 25.0 Å². The average molecular weight is 447 g/mol. The van der Waals surface area contributed by atoms with Crippen LogP contribution in [0.4, 0.5) is 0 Å². The number of rotatable bonds is 5. The number of benzene rings is 2. The predicted octanol–water partition coefficient (Wildman–Crippen LogP) is 3.34. The summed E-state index contributed by atoms with van der Waals surface area (Å²) in [5.41, 5.74) is 2.43. The van der Waals surface area contributed by atoms with Crippen molar-refractivity contribution in [3.63, 3.8) is 0 Å². The van der Waals surface area contributed by atoms with Crippen molar-refractivity contribution in [2.75, 3.05) is 14.2 Å². The van der Waals surface area contributed by atoms with Crippen LogP contribution in [0.15, 0.2) is 46.0 Å². The van der Waals surface area contributed by atoms with E-state index in [0.717, 1.165) is 15.7 Å². The summed E-state index contributed by atoms with van der Waals surface area (Å²) in [7, 11) is 3.14. The molecule has 0 amide bonds. The maximum absolute atomic E-state index is 12.9. The van der Waals surface area contributed by atoms with E-state index in [-0.39, 0.29) is 11.0 Å². The van der Waals surface area contributed by atoms with E-state index in [0.29, 0.717) is 28.6 Å². The van der Waals surface area contributed by atoms with E-state index < -0.39 is 0 Å². The normalized spacial score (nSPS) is 15.7. The summed E-state index contributed by atoms with van der Waals surface area (Å²) >= 11 is 4.77. The third-order valence-corrected chi connectivity index (χ3v) is 5.99. The summed E-state index contributed by atoms with van der Waals surface area (Å²) in [6.45, 7) is 0. The lowest BCUT2D eigenvalue weighted by atomic mass is 10.1. The van der Waals surface area contributed by atoms with Gasteiger partial charge in [0.15, 0.2) is 17.3 Å². The highest BCUT2D eigenvalue weighted by atomic mass is 79.9. The van der Waals surface area contributed by atoms with E-state index in [2.05, 4.69) is 31.5 Å². The van der Waals surface area contributed by atoms with Gasteiger partial charge in [0.2, 0.25) is 5.16 Å². The Hall–Kier alpha value is -2.39. The Morgan fingerprint density at radius 3 is 2.56 bits per heavy atom. The minimum absolute atomic E-state index is 0.0429. The fourth-order valence-corrected chi connectivity index (χ4v) is 4.35. The zero-order chi connectivity index (χ0) is 19.0. The monoisotopic (exact) mass is 446 g/mol. The zero-order valence-corrected chi connectivity index (χ0v) is 17.0. The summed E-state index contributed by atoms with van der Waals surface area (Å²) in [6, 6.07) is 11.3. The molecule has 0 aliphatic heterocycles. The summed E-state index contributed by atoms with van der Waals surface area (Å²) in [4.78, 5) is 12.9. The third kappa shape index (κ3) is 3.32. The number of hydrogen-bond acceptors (Lipinski definition) is 7. The number of tetrazole rings is 1. The summed E-state index contributed by atoms with van der Waals surface area (Å²) in [5, 5.41) is 12.2. The first-order chi connectivity index (χ1) is 13.1. The molecule has 1 aliphatic rings. The topological polar surface area (TPSA) is 79.1 Å². The van der Waals surface area contributed by atoms with Crippen molar-refractivity contribution in [3.05, 3.63) is 52.0 Å². The number of halogens is 1. The quantitative estimate of drug-likeness (QED) is 0.594.